The van der Waals surface area contributed by atoms with Gasteiger partial charge in [-0.25, -0.2) is 4.98 Å². The maximum absolute atomic E-state index is 6.04. The van der Waals surface area contributed by atoms with E-state index in [2.05, 4.69) is 28.2 Å². The monoisotopic (exact) mass is 287 g/mol. The first-order valence-electron chi connectivity index (χ1n) is 7.13. The normalized spacial score (nSPS) is 11.6. The number of anilines is 1. The van der Waals surface area contributed by atoms with Gasteiger partial charge in [-0.3, -0.25) is 13.9 Å². The summed E-state index contributed by atoms with van der Waals surface area (Å²) in [6.07, 6.45) is 0.946. The lowest BCUT2D eigenvalue weighted by Crippen LogP contribution is -2.10. The molecule has 0 aliphatic carbocycles. The van der Waals surface area contributed by atoms with E-state index in [9.17, 15) is 0 Å². The van der Waals surface area contributed by atoms with Gasteiger partial charge in [-0.05, 0) is 33.3 Å². The number of aromatic nitrogens is 6. The fraction of sp³-hybridized carbons (Fsp3) is 0.500. The highest BCUT2D eigenvalue weighted by Gasteiger charge is 2.15. The van der Waals surface area contributed by atoms with Crippen LogP contribution in [0.25, 0.3) is 11.2 Å². The fourth-order valence-electron chi connectivity index (χ4n) is 2.85. The molecule has 3 rings (SSSR count). The molecule has 0 saturated heterocycles. The lowest BCUT2D eigenvalue weighted by molar-refractivity contribution is 0.519. The number of imidazole rings is 1. The summed E-state index contributed by atoms with van der Waals surface area (Å²) in [4.78, 5) is 4.42. The SMILES string of the molecule is Cc1cc(C)n(CCCn2c(N)nc3c(C)nn(C)c32)n1. The Labute approximate surface area is 123 Å². The molecule has 3 aromatic rings. The average Bonchev–Trinajstić information content (AvgIpc) is 2.98. The van der Waals surface area contributed by atoms with Gasteiger partial charge in [0.05, 0.1) is 11.4 Å². The summed E-state index contributed by atoms with van der Waals surface area (Å²) in [5, 5.41) is 8.87. The maximum atomic E-state index is 6.04. The second-order valence-corrected chi connectivity index (χ2v) is 5.51. The number of nitrogens with zero attached hydrogens (tertiary/aromatic N) is 6. The molecule has 0 unspecified atom stereocenters. The number of hydrogen-bond acceptors (Lipinski definition) is 4. The van der Waals surface area contributed by atoms with E-state index in [0.717, 1.165) is 42.1 Å². The highest BCUT2D eigenvalue weighted by Crippen LogP contribution is 2.20. The molecule has 0 spiro atoms. The van der Waals surface area contributed by atoms with Gasteiger partial charge in [-0.15, -0.1) is 0 Å². The third kappa shape index (κ3) is 2.28. The van der Waals surface area contributed by atoms with Crippen LogP contribution in [0.2, 0.25) is 0 Å². The number of hydrogen-bond donors (Lipinski definition) is 1. The van der Waals surface area contributed by atoms with Crippen LogP contribution in [0, 0.1) is 20.8 Å². The minimum atomic E-state index is 0.550. The van der Waals surface area contributed by atoms with E-state index in [-0.39, 0.29) is 0 Å². The van der Waals surface area contributed by atoms with Gasteiger partial charge in [0, 0.05) is 25.8 Å². The zero-order valence-corrected chi connectivity index (χ0v) is 13.0. The van der Waals surface area contributed by atoms with Crippen molar-refractivity contribution in [2.45, 2.75) is 40.3 Å². The first-order valence-corrected chi connectivity index (χ1v) is 7.13. The van der Waals surface area contributed by atoms with Crippen LogP contribution < -0.4 is 5.73 Å². The molecule has 2 N–H and O–H groups in total. The molecule has 3 heterocycles. The molecule has 7 heteroatoms. The average molecular weight is 287 g/mol. The summed E-state index contributed by atoms with van der Waals surface area (Å²) in [6.45, 7) is 7.72. The number of rotatable bonds is 4. The molecule has 0 bridgehead atoms. The van der Waals surface area contributed by atoms with Gasteiger partial charge in [-0.1, -0.05) is 0 Å². The lowest BCUT2D eigenvalue weighted by Gasteiger charge is -2.08. The minimum absolute atomic E-state index is 0.550. The van der Waals surface area contributed by atoms with Gasteiger partial charge in [-0.2, -0.15) is 10.2 Å². The number of nitrogen functional groups attached to an aromatic ring is 1. The quantitative estimate of drug-likeness (QED) is 0.790. The van der Waals surface area contributed by atoms with Crippen LogP contribution in [0.3, 0.4) is 0 Å². The Morgan fingerprint density at radius 3 is 2.57 bits per heavy atom. The van der Waals surface area contributed by atoms with Crippen molar-refractivity contribution in [2.24, 2.45) is 7.05 Å². The van der Waals surface area contributed by atoms with Crippen molar-refractivity contribution in [3.63, 3.8) is 0 Å². The van der Waals surface area contributed by atoms with E-state index >= 15 is 0 Å². The first-order chi connectivity index (χ1) is 9.97. The van der Waals surface area contributed by atoms with Crippen LogP contribution in [0.5, 0.6) is 0 Å². The van der Waals surface area contributed by atoms with Crippen LogP contribution in [0.15, 0.2) is 6.07 Å². The second-order valence-electron chi connectivity index (χ2n) is 5.51. The summed E-state index contributed by atoms with van der Waals surface area (Å²) >= 11 is 0. The second kappa shape index (κ2) is 4.91. The molecule has 0 radical (unpaired) electrons. The van der Waals surface area contributed by atoms with Crippen molar-refractivity contribution in [3.05, 3.63) is 23.1 Å². The molecule has 0 aliphatic rings. The Morgan fingerprint density at radius 2 is 1.90 bits per heavy atom. The summed E-state index contributed by atoms with van der Waals surface area (Å²) < 4.78 is 5.91. The van der Waals surface area contributed by atoms with Crippen LogP contribution in [0.4, 0.5) is 5.95 Å². The van der Waals surface area contributed by atoms with Gasteiger partial charge >= 0.3 is 0 Å². The number of nitrogens with two attached hydrogens (primary N) is 1. The van der Waals surface area contributed by atoms with Crippen molar-refractivity contribution < 1.29 is 0 Å². The van der Waals surface area contributed by atoms with E-state index in [1.165, 1.54) is 5.69 Å². The Morgan fingerprint density at radius 1 is 1.14 bits per heavy atom. The molecule has 0 amide bonds. The standard InChI is InChI=1S/C14H21N7/c1-9-8-10(2)21(17-9)7-5-6-20-13-12(16-14(20)15)11(3)18-19(13)4/h8H,5-7H2,1-4H3,(H2,15,16). The third-order valence-corrected chi connectivity index (χ3v) is 3.77. The van der Waals surface area contributed by atoms with Crippen molar-refractivity contribution in [2.75, 3.05) is 5.73 Å². The molecule has 3 aromatic heterocycles. The molecule has 0 saturated carbocycles. The molecule has 0 aliphatic heterocycles. The molecule has 0 atom stereocenters. The Kier molecular flexibility index (Phi) is 3.19. The predicted octanol–water partition coefficient (Wildman–Crippen LogP) is 1.56. The summed E-state index contributed by atoms with van der Waals surface area (Å²) in [5.41, 5.74) is 11.1. The van der Waals surface area contributed by atoms with E-state index in [1.54, 1.807) is 0 Å². The van der Waals surface area contributed by atoms with Crippen molar-refractivity contribution in [3.8, 4) is 0 Å². The van der Waals surface area contributed by atoms with Gasteiger partial charge in [0.15, 0.2) is 5.65 Å². The van der Waals surface area contributed by atoms with E-state index < -0.39 is 0 Å². The lowest BCUT2D eigenvalue weighted by atomic mass is 10.3. The summed E-state index contributed by atoms with van der Waals surface area (Å²) in [7, 11) is 1.92. The Bertz CT molecular complexity index is 790. The fourth-order valence-corrected chi connectivity index (χ4v) is 2.85. The highest BCUT2D eigenvalue weighted by molar-refractivity contribution is 5.77. The highest BCUT2D eigenvalue weighted by atomic mass is 15.3. The van der Waals surface area contributed by atoms with E-state index in [1.807, 2.05) is 34.8 Å². The molecule has 0 aromatic carbocycles. The topological polar surface area (TPSA) is 79.5 Å². The third-order valence-electron chi connectivity index (χ3n) is 3.77. The van der Waals surface area contributed by atoms with Crippen LogP contribution >= 0.6 is 0 Å². The van der Waals surface area contributed by atoms with Crippen molar-refractivity contribution in [1.29, 1.82) is 0 Å². The molecule has 7 nitrogen and oxygen atoms in total. The Hall–Kier alpha value is -2.31. The smallest absolute Gasteiger partial charge is 0.202 e. The minimum Gasteiger partial charge on any atom is -0.369 e. The summed E-state index contributed by atoms with van der Waals surface area (Å²) in [6, 6.07) is 2.09. The summed E-state index contributed by atoms with van der Waals surface area (Å²) in [5.74, 6) is 0.550. The van der Waals surface area contributed by atoms with Crippen molar-refractivity contribution >= 4 is 17.1 Å². The van der Waals surface area contributed by atoms with Crippen molar-refractivity contribution in [1.82, 2.24) is 29.1 Å². The van der Waals surface area contributed by atoms with Crippen LogP contribution in [0.1, 0.15) is 23.5 Å². The first kappa shape index (κ1) is 13.7. The molecule has 0 fully saturated rings. The maximum Gasteiger partial charge on any atom is 0.202 e. The zero-order chi connectivity index (χ0) is 15.1. The van der Waals surface area contributed by atoms with Gasteiger partial charge in [0.25, 0.3) is 0 Å². The molecular formula is C14H21N7. The van der Waals surface area contributed by atoms with Gasteiger partial charge < -0.3 is 5.73 Å². The molecule has 21 heavy (non-hydrogen) atoms. The molecular weight excluding hydrogens is 266 g/mol. The van der Waals surface area contributed by atoms with E-state index in [4.69, 9.17) is 5.73 Å². The Balaban J connectivity index is 1.79. The van der Waals surface area contributed by atoms with E-state index in [0.29, 0.717) is 5.95 Å². The van der Waals surface area contributed by atoms with Crippen LogP contribution in [-0.2, 0) is 20.1 Å². The number of aryl methyl sites for hydroxylation is 6. The van der Waals surface area contributed by atoms with Gasteiger partial charge in [0.2, 0.25) is 5.95 Å². The van der Waals surface area contributed by atoms with Gasteiger partial charge in [0.1, 0.15) is 5.52 Å². The largest absolute Gasteiger partial charge is 0.369 e. The predicted molar refractivity (Wildman–Crippen MR) is 82.0 cm³/mol. The number of fused-ring (bicyclic) bond motifs is 1. The van der Waals surface area contributed by atoms with Crippen LogP contribution in [-0.4, -0.2) is 29.1 Å². The molecule has 112 valence electrons. The zero-order valence-electron chi connectivity index (χ0n) is 13.0.